The highest BCUT2D eigenvalue weighted by Gasteiger charge is 2.14. The van der Waals surface area contributed by atoms with Crippen LogP contribution in [-0.4, -0.2) is 27.9 Å². The van der Waals surface area contributed by atoms with Gasteiger partial charge in [0.2, 0.25) is 15.9 Å². The van der Waals surface area contributed by atoms with Crippen molar-refractivity contribution in [3.63, 3.8) is 0 Å². The lowest BCUT2D eigenvalue weighted by molar-refractivity contribution is 0.461. The fourth-order valence-electron chi connectivity index (χ4n) is 3.09. The van der Waals surface area contributed by atoms with Gasteiger partial charge >= 0.3 is 0 Å². The summed E-state index contributed by atoms with van der Waals surface area (Å²) in [5, 5.41) is 0. The fourth-order valence-corrected chi connectivity index (χ4v) is 4.26. The number of ether oxygens (including phenoxy) is 1. The molecule has 0 saturated heterocycles. The smallest absolute Gasteiger partial charge is 0.236 e. The molecule has 4 aromatic rings. The number of rotatable bonds is 7. The van der Waals surface area contributed by atoms with Crippen molar-refractivity contribution in [2.75, 3.05) is 4.72 Å². The van der Waals surface area contributed by atoms with E-state index in [0.717, 1.165) is 23.5 Å². The maximum absolute atomic E-state index is 13.3. The van der Waals surface area contributed by atoms with Crippen molar-refractivity contribution in [3.05, 3.63) is 89.8 Å². The maximum Gasteiger partial charge on any atom is 0.236 e. The van der Waals surface area contributed by atoms with Gasteiger partial charge in [0.25, 0.3) is 0 Å². The largest absolute Gasteiger partial charge is 0.439 e. The Morgan fingerprint density at radius 3 is 2.30 bits per heavy atom. The summed E-state index contributed by atoms with van der Waals surface area (Å²) in [6, 6.07) is 10.4. The second-order valence-electron chi connectivity index (χ2n) is 7.27. The Morgan fingerprint density at radius 1 is 0.970 bits per heavy atom. The van der Waals surface area contributed by atoms with E-state index in [1.165, 1.54) is 18.5 Å². The summed E-state index contributed by atoms with van der Waals surface area (Å²) in [5.74, 6) is -0.936. The number of imidazole rings is 1. The van der Waals surface area contributed by atoms with Gasteiger partial charge < -0.3 is 4.74 Å². The predicted molar refractivity (Wildman–Crippen MR) is 118 cm³/mol. The number of anilines is 1. The summed E-state index contributed by atoms with van der Waals surface area (Å²) >= 11 is 0. The molecule has 170 valence electrons. The van der Waals surface area contributed by atoms with E-state index in [4.69, 9.17) is 4.74 Å². The van der Waals surface area contributed by atoms with E-state index in [1.54, 1.807) is 24.5 Å². The van der Waals surface area contributed by atoms with Crippen LogP contribution in [-0.2, 0) is 15.8 Å². The van der Waals surface area contributed by atoms with Crippen molar-refractivity contribution < 1.29 is 21.9 Å². The first-order chi connectivity index (χ1) is 15.7. The molecular weight excluding hydrogens is 452 g/mol. The number of benzene rings is 2. The molecular formula is C22H19F2N5O3S. The molecule has 0 aliphatic heterocycles. The number of aromatic nitrogens is 4. The average molecular weight is 471 g/mol. The summed E-state index contributed by atoms with van der Waals surface area (Å²) in [5.41, 5.74) is 2.10. The Kier molecular flexibility index (Phi) is 6.05. The zero-order chi connectivity index (χ0) is 23.6. The SMILES string of the molecule is Cc1ncn(-c2cc(Oc3ccc(NS(=O)(=O)Cc4cc(F)cc(F)c4)cc3)ncn2)c1C. The van der Waals surface area contributed by atoms with Crippen LogP contribution in [0.2, 0.25) is 0 Å². The number of hydrogen-bond donors (Lipinski definition) is 1. The summed E-state index contributed by atoms with van der Waals surface area (Å²) in [4.78, 5) is 12.6. The minimum atomic E-state index is -3.88. The van der Waals surface area contributed by atoms with Crippen LogP contribution < -0.4 is 9.46 Å². The van der Waals surface area contributed by atoms with E-state index in [-0.39, 0.29) is 11.3 Å². The molecule has 0 spiro atoms. The lowest BCUT2D eigenvalue weighted by Gasteiger charge is -2.10. The minimum absolute atomic E-state index is 0.00263. The summed E-state index contributed by atoms with van der Waals surface area (Å²) in [7, 11) is -3.88. The molecule has 4 rings (SSSR count). The standard InChI is InChI=1S/C22H19F2N5O3S/c1-14-15(2)29(13-27-14)21-10-22(26-12-25-21)32-20-5-3-19(4-6-20)28-33(30,31)11-16-7-17(23)9-18(24)8-16/h3-10,12-13,28H,11H2,1-2H3. The summed E-state index contributed by atoms with van der Waals surface area (Å²) < 4.78 is 61.3. The van der Waals surface area contributed by atoms with Crippen LogP contribution in [0.5, 0.6) is 11.6 Å². The van der Waals surface area contributed by atoms with Gasteiger partial charge in [-0.3, -0.25) is 9.29 Å². The van der Waals surface area contributed by atoms with Gasteiger partial charge in [-0.1, -0.05) is 0 Å². The van der Waals surface area contributed by atoms with Gasteiger partial charge in [-0.15, -0.1) is 0 Å². The predicted octanol–water partition coefficient (Wildman–Crippen LogP) is 4.29. The topological polar surface area (TPSA) is 99.0 Å². The fraction of sp³-hybridized carbons (Fsp3) is 0.136. The van der Waals surface area contributed by atoms with Crippen molar-refractivity contribution in [1.29, 1.82) is 0 Å². The first-order valence-corrected chi connectivity index (χ1v) is 11.4. The molecule has 0 aliphatic rings. The number of nitrogens with one attached hydrogen (secondary N) is 1. The lowest BCUT2D eigenvalue weighted by Crippen LogP contribution is -2.15. The Bertz CT molecular complexity index is 1390. The van der Waals surface area contributed by atoms with Crippen LogP contribution in [0.4, 0.5) is 14.5 Å². The van der Waals surface area contributed by atoms with Gasteiger partial charge in [-0.25, -0.2) is 32.2 Å². The third kappa shape index (κ3) is 5.50. The first-order valence-electron chi connectivity index (χ1n) is 9.75. The molecule has 1 N–H and O–H groups in total. The number of hydrogen-bond acceptors (Lipinski definition) is 6. The van der Waals surface area contributed by atoms with Crippen molar-refractivity contribution in [3.8, 4) is 17.4 Å². The van der Waals surface area contributed by atoms with E-state index < -0.39 is 27.4 Å². The highest BCUT2D eigenvalue weighted by Crippen LogP contribution is 2.24. The third-order valence-corrected chi connectivity index (χ3v) is 6.02. The van der Waals surface area contributed by atoms with Crippen LogP contribution in [0.25, 0.3) is 5.82 Å². The molecule has 0 amide bonds. The van der Waals surface area contributed by atoms with E-state index in [1.807, 2.05) is 18.4 Å². The van der Waals surface area contributed by atoms with Crippen molar-refractivity contribution in [2.45, 2.75) is 19.6 Å². The molecule has 33 heavy (non-hydrogen) atoms. The van der Waals surface area contributed by atoms with E-state index in [0.29, 0.717) is 23.5 Å². The zero-order valence-electron chi connectivity index (χ0n) is 17.7. The molecule has 2 aromatic carbocycles. The molecule has 0 fully saturated rings. The van der Waals surface area contributed by atoms with Gasteiger partial charge in [0, 0.05) is 23.5 Å². The van der Waals surface area contributed by atoms with Crippen LogP contribution >= 0.6 is 0 Å². The molecule has 0 bridgehead atoms. The van der Waals surface area contributed by atoms with Crippen molar-refractivity contribution in [1.82, 2.24) is 19.5 Å². The Hall–Kier alpha value is -3.86. The molecule has 8 nitrogen and oxygen atoms in total. The van der Waals surface area contributed by atoms with Gasteiger partial charge in [0.1, 0.15) is 35.9 Å². The Balaban J connectivity index is 1.44. The minimum Gasteiger partial charge on any atom is -0.439 e. The molecule has 0 saturated carbocycles. The maximum atomic E-state index is 13.3. The molecule has 0 aliphatic carbocycles. The number of nitrogens with zero attached hydrogens (tertiary/aromatic N) is 4. The van der Waals surface area contributed by atoms with Crippen LogP contribution in [0, 0.1) is 25.5 Å². The Labute approximate surface area is 189 Å². The van der Waals surface area contributed by atoms with Crippen LogP contribution in [0.1, 0.15) is 17.0 Å². The molecule has 0 atom stereocenters. The zero-order valence-corrected chi connectivity index (χ0v) is 18.5. The molecule has 2 aromatic heterocycles. The quantitative estimate of drug-likeness (QED) is 0.432. The monoisotopic (exact) mass is 471 g/mol. The number of halogens is 2. The number of aryl methyl sites for hydroxylation is 1. The lowest BCUT2D eigenvalue weighted by atomic mass is 10.2. The van der Waals surface area contributed by atoms with Gasteiger partial charge in [-0.05, 0) is 55.8 Å². The Morgan fingerprint density at radius 2 is 1.67 bits per heavy atom. The van der Waals surface area contributed by atoms with E-state index in [9.17, 15) is 17.2 Å². The van der Waals surface area contributed by atoms with E-state index >= 15 is 0 Å². The van der Waals surface area contributed by atoms with E-state index in [2.05, 4.69) is 19.7 Å². The molecule has 11 heteroatoms. The highest BCUT2D eigenvalue weighted by molar-refractivity contribution is 7.91. The first kappa shape index (κ1) is 22.3. The second-order valence-corrected chi connectivity index (χ2v) is 8.99. The molecule has 0 radical (unpaired) electrons. The second kappa shape index (κ2) is 8.94. The third-order valence-electron chi connectivity index (χ3n) is 4.76. The summed E-state index contributed by atoms with van der Waals surface area (Å²) in [6.45, 7) is 3.83. The van der Waals surface area contributed by atoms with Crippen LogP contribution in [0.3, 0.4) is 0 Å². The summed E-state index contributed by atoms with van der Waals surface area (Å²) in [6.07, 6.45) is 3.03. The molecule has 2 heterocycles. The highest BCUT2D eigenvalue weighted by atomic mass is 32.2. The van der Waals surface area contributed by atoms with Crippen molar-refractivity contribution >= 4 is 15.7 Å². The molecule has 0 unspecified atom stereocenters. The van der Waals surface area contributed by atoms with Gasteiger partial charge in [0.15, 0.2) is 0 Å². The normalized spacial score (nSPS) is 11.4. The average Bonchev–Trinajstić information content (AvgIpc) is 3.07. The van der Waals surface area contributed by atoms with Crippen LogP contribution in [0.15, 0.2) is 61.2 Å². The van der Waals surface area contributed by atoms with Gasteiger partial charge in [0.05, 0.1) is 11.4 Å². The van der Waals surface area contributed by atoms with Gasteiger partial charge in [-0.2, -0.15) is 0 Å². The number of sulfonamides is 1. The van der Waals surface area contributed by atoms with Crippen molar-refractivity contribution in [2.24, 2.45) is 0 Å².